The third-order valence-electron chi connectivity index (χ3n) is 4.71. The molecule has 0 atom stereocenters. The van der Waals surface area contributed by atoms with Crippen LogP contribution in [0.15, 0.2) is 0 Å². The second-order valence-corrected chi connectivity index (χ2v) is 7.00. The molecule has 3 rings (SSSR count). The first-order valence-corrected chi connectivity index (χ1v) is 8.74. The van der Waals surface area contributed by atoms with E-state index in [-0.39, 0.29) is 0 Å². The van der Waals surface area contributed by atoms with Crippen LogP contribution in [-0.4, -0.2) is 40.6 Å². The van der Waals surface area contributed by atoms with Crippen LogP contribution in [0.1, 0.15) is 50.3 Å². The zero-order chi connectivity index (χ0) is 14.7. The molecule has 0 aromatic carbocycles. The highest BCUT2D eigenvalue weighted by Crippen LogP contribution is 2.19. The molecule has 4 nitrogen and oxygen atoms in total. The number of likely N-dealkylation sites (tertiary alicyclic amines) is 1. The number of aromatic nitrogens is 2. The van der Waals surface area contributed by atoms with Gasteiger partial charge in [-0.2, -0.15) is 0 Å². The Morgan fingerprint density at radius 3 is 2.76 bits per heavy atom. The number of hydrogen-bond donors (Lipinski definition) is 1. The van der Waals surface area contributed by atoms with Crippen molar-refractivity contribution in [1.29, 1.82) is 0 Å². The van der Waals surface area contributed by atoms with E-state index in [2.05, 4.69) is 28.6 Å². The summed E-state index contributed by atoms with van der Waals surface area (Å²) in [6.45, 7) is 11.7. The monoisotopic (exact) mass is 290 g/mol. The zero-order valence-electron chi connectivity index (χ0n) is 13.7. The largest absolute Gasteiger partial charge is 0.332 e. The standard InChI is InChI=1S/C17H30N4/c1-14(2)12-17-19-15-13-18-7-6-16(15)21(17)11-5-10-20-8-3-4-9-20/h14,18H,3-13H2,1-2H3. The van der Waals surface area contributed by atoms with Crippen molar-refractivity contribution >= 4 is 0 Å². The number of fused-ring (bicyclic) bond motifs is 1. The fourth-order valence-corrected chi connectivity index (χ4v) is 3.67. The van der Waals surface area contributed by atoms with Crippen molar-refractivity contribution in [3.8, 4) is 0 Å². The molecule has 3 heterocycles. The van der Waals surface area contributed by atoms with E-state index in [0.717, 1.165) is 32.5 Å². The highest BCUT2D eigenvalue weighted by Gasteiger charge is 2.20. The Bertz CT molecular complexity index is 458. The third-order valence-corrected chi connectivity index (χ3v) is 4.71. The Hall–Kier alpha value is -0.870. The molecule has 0 spiro atoms. The predicted molar refractivity (Wildman–Crippen MR) is 86.5 cm³/mol. The first kappa shape index (κ1) is 15.0. The minimum Gasteiger partial charge on any atom is -0.332 e. The van der Waals surface area contributed by atoms with Gasteiger partial charge in [0.25, 0.3) is 0 Å². The Morgan fingerprint density at radius 2 is 2.00 bits per heavy atom. The van der Waals surface area contributed by atoms with Crippen molar-refractivity contribution in [3.05, 3.63) is 17.2 Å². The average Bonchev–Trinajstić information content (AvgIpc) is 3.07. The van der Waals surface area contributed by atoms with Gasteiger partial charge in [-0.15, -0.1) is 0 Å². The summed E-state index contributed by atoms with van der Waals surface area (Å²) in [6, 6.07) is 0. The van der Waals surface area contributed by atoms with E-state index in [4.69, 9.17) is 4.98 Å². The van der Waals surface area contributed by atoms with E-state index >= 15 is 0 Å². The maximum Gasteiger partial charge on any atom is 0.109 e. The molecule has 21 heavy (non-hydrogen) atoms. The van der Waals surface area contributed by atoms with Crippen molar-refractivity contribution in [3.63, 3.8) is 0 Å². The molecular weight excluding hydrogens is 260 g/mol. The lowest BCUT2D eigenvalue weighted by Crippen LogP contribution is -2.26. The molecule has 118 valence electrons. The molecular formula is C17H30N4. The summed E-state index contributed by atoms with van der Waals surface area (Å²) in [6.07, 6.45) is 6.30. The summed E-state index contributed by atoms with van der Waals surface area (Å²) in [5, 5.41) is 3.45. The summed E-state index contributed by atoms with van der Waals surface area (Å²) >= 11 is 0. The molecule has 0 saturated carbocycles. The smallest absolute Gasteiger partial charge is 0.109 e. The molecule has 0 radical (unpaired) electrons. The zero-order valence-corrected chi connectivity index (χ0v) is 13.7. The second kappa shape index (κ2) is 6.93. The minimum atomic E-state index is 0.680. The number of nitrogens with zero attached hydrogens (tertiary/aromatic N) is 3. The van der Waals surface area contributed by atoms with Gasteiger partial charge in [0.1, 0.15) is 5.82 Å². The van der Waals surface area contributed by atoms with Gasteiger partial charge in [-0.05, 0) is 44.8 Å². The van der Waals surface area contributed by atoms with E-state index in [1.54, 1.807) is 0 Å². The van der Waals surface area contributed by atoms with Crippen LogP contribution in [0.3, 0.4) is 0 Å². The maximum atomic E-state index is 4.93. The summed E-state index contributed by atoms with van der Waals surface area (Å²) in [7, 11) is 0. The van der Waals surface area contributed by atoms with Crippen LogP contribution in [0, 0.1) is 5.92 Å². The lowest BCUT2D eigenvalue weighted by Gasteiger charge is -2.19. The summed E-state index contributed by atoms with van der Waals surface area (Å²) in [4.78, 5) is 7.55. The highest BCUT2D eigenvalue weighted by atomic mass is 15.2. The highest BCUT2D eigenvalue weighted by molar-refractivity contribution is 5.20. The Balaban J connectivity index is 1.67. The van der Waals surface area contributed by atoms with Gasteiger partial charge in [0, 0.05) is 38.2 Å². The van der Waals surface area contributed by atoms with E-state index < -0.39 is 0 Å². The van der Waals surface area contributed by atoms with Gasteiger partial charge in [-0.25, -0.2) is 4.98 Å². The quantitative estimate of drug-likeness (QED) is 0.872. The van der Waals surface area contributed by atoms with Crippen LogP contribution in [0.4, 0.5) is 0 Å². The molecule has 0 bridgehead atoms. The fraction of sp³-hybridized carbons (Fsp3) is 0.824. The first-order chi connectivity index (χ1) is 10.2. The second-order valence-electron chi connectivity index (χ2n) is 7.00. The van der Waals surface area contributed by atoms with Crippen LogP contribution in [-0.2, 0) is 25.9 Å². The van der Waals surface area contributed by atoms with E-state index in [0.29, 0.717) is 5.92 Å². The average molecular weight is 290 g/mol. The van der Waals surface area contributed by atoms with Gasteiger partial charge in [0.2, 0.25) is 0 Å². The maximum absolute atomic E-state index is 4.93. The normalized spacial score (nSPS) is 19.4. The number of rotatable bonds is 6. The topological polar surface area (TPSA) is 33.1 Å². The van der Waals surface area contributed by atoms with Crippen LogP contribution < -0.4 is 5.32 Å². The predicted octanol–water partition coefficient (Wildman–Crippen LogP) is 2.21. The van der Waals surface area contributed by atoms with Gasteiger partial charge in [-0.3, -0.25) is 0 Å². The van der Waals surface area contributed by atoms with Crippen LogP contribution in [0.5, 0.6) is 0 Å². The summed E-state index contributed by atoms with van der Waals surface area (Å²) in [5.41, 5.74) is 2.81. The van der Waals surface area contributed by atoms with Crippen molar-refractivity contribution < 1.29 is 0 Å². The summed E-state index contributed by atoms with van der Waals surface area (Å²) in [5.74, 6) is 2.00. The van der Waals surface area contributed by atoms with Gasteiger partial charge >= 0.3 is 0 Å². The van der Waals surface area contributed by atoms with Gasteiger partial charge in [0.15, 0.2) is 0 Å². The van der Waals surface area contributed by atoms with Crippen molar-refractivity contribution in [2.45, 2.75) is 59.0 Å². The van der Waals surface area contributed by atoms with Crippen molar-refractivity contribution in [2.75, 3.05) is 26.2 Å². The molecule has 1 aromatic rings. The van der Waals surface area contributed by atoms with Gasteiger partial charge in [-0.1, -0.05) is 13.8 Å². The summed E-state index contributed by atoms with van der Waals surface area (Å²) < 4.78 is 2.55. The Kier molecular flexibility index (Phi) is 4.96. The molecule has 2 aliphatic rings. The molecule has 0 aliphatic carbocycles. The van der Waals surface area contributed by atoms with E-state index in [9.17, 15) is 0 Å². The molecule has 0 amide bonds. The van der Waals surface area contributed by atoms with E-state index in [1.807, 2.05) is 0 Å². The molecule has 1 saturated heterocycles. The van der Waals surface area contributed by atoms with E-state index in [1.165, 1.54) is 56.1 Å². The molecule has 1 N–H and O–H groups in total. The number of imidazole rings is 1. The SMILES string of the molecule is CC(C)Cc1nc2c(n1CCCN1CCCC1)CCNC2. The van der Waals surface area contributed by atoms with Crippen molar-refractivity contribution in [2.24, 2.45) is 5.92 Å². The third kappa shape index (κ3) is 3.67. The van der Waals surface area contributed by atoms with Gasteiger partial charge < -0.3 is 14.8 Å². The minimum absolute atomic E-state index is 0.680. The van der Waals surface area contributed by atoms with Crippen LogP contribution in [0.25, 0.3) is 0 Å². The fourth-order valence-electron chi connectivity index (χ4n) is 3.67. The molecule has 1 fully saturated rings. The lowest BCUT2D eigenvalue weighted by atomic mass is 10.1. The molecule has 1 aromatic heterocycles. The first-order valence-electron chi connectivity index (χ1n) is 8.74. The Morgan fingerprint density at radius 1 is 1.19 bits per heavy atom. The van der Waals surface area contributed by atoms with Gasteiger partial charge in [0.05, 0.1) is 5.69 Å². The lowest BCUT2D eigenvalue weighted by molar-refractivity contribution is 0.323. The van der Waals surface area contributed by atoms with Crippen LogP contribution in [0.2, 0.25) is 0 Å². The molecule has 2 aliphatic heterocycles. The van der Waals surface area contributed by atoms with Crippen molar-refractivity contribution in [1.82, 2.24) is 19.8 Å². The number of nitrogens with one attached hydrogen (secondary N) is 1. The molecule has 4 heteroatoms. The Labute approximate surface area is 128 Å². The molecule has 0 unspecified atom stereocenters. The number of hydrogen-bond acceptors (Lipinski definition) is 3. The van der Waals surface area contributed by atoms with Crippen LogP contribution >= 0.6 is 0 Å².